The van der Waals surface area contributed by atoms with E-state index in [-0.39, 0.29) is 11.9 Å². The Kier molecular flexibility index (Phi) is 5.93. The van der Waals surface area contributed by atoms with Crippen molar-refractivity contribution in [1.82, 2.24) is 20.0 Å². The molecule has 166 valence electrons. The number of hydrogen-bond acceptors (Lipinski definition) is 5. The maximum absolute atomic E-state index is 13.5. The molecule has 4 rings (SSSR count). The van der Waals surface area contributed by atoms with E-state index < -0.39 is 5.54 Å². The minimum atomic E-state index is -0.780. The van der Waals surface area contributed by atoms with Crippen molar-refractivity contribution in [2.75, 3.05) is 33.2 Å². The third-order valence-corrected chi connectivity index (χ3v) is 7.13. The van der Waals surface area contributed by atoms with Crippen LogP contribution in [0.3, 0.4) is 0 Å². The zero-order valence-electron chi connectivity index (χ0n) is 19.5. The summed E-state index contributed by atoms with van der Waals surface area (Å²) in [6, 6.07) is 6.46. The fourth-order valence-corrected chi connectivity index (χ4v) is 4.76. The molecule has 6 heteroatoms. The Bertz CT molecular complexity index is 941. The van der Waals surface area contributed by atoms with Crippen LogP contribution >= 0.6 is 0 Å². The van der Waals surface area contributed by atoms with E-state index >= 15 is 0 Å². The van der Waals surface area contributed by atoms with Crippen molar-refractivity contribution in [3.05, 3.63) is 58.9 Å². The Hall–Kier alpha value is -2.60. The van der Waals surface area contributed by atoms with Gasteiger partial charge in [0.25, 0.3) is 5.91 Å². The average molecular weight is 422 g/mol. The van der Waals surface area contributed by atoms with Crippen molar-refractivity contribution in [3.63, 3.8) is 0 Å². The second-order valence-corrected chi connectivity index (χ2v) is 9.10. The zero-order valence-corrected chi connectivity index (χ0v) is 19.5. The van der Waals surface area contributed by atoms with Gasteiger partial charge in [0.15, 0.2) is 11.4 Å². The summed E-state index contributed by atoms with van der Waals surface area (Å²) in [4.78, 5) is 24.9. The maximum atomic E-state index is 13.5. The zero-order chi connectivity index (χ0) is 22.2. The van der Waals surface area contributed by atoms with Crippen LogP contribution in [0.2, 0.25) is 0 Å². The van der Waals surface area contributed by atoms with Gasteiger partial charge in [-0.3, -0.25) is 4.79 Å². The van der Waals surface area contributed by atoms with Crippen LogP contribution in [0.15, 0.2) is 47.2 Å². The van der Waals surface area contributed by atoms with Crippen molar-refractivity contribution in [2.24, 2.45) is 4.99 Å². The number of amidine groups is 1. The lowest BCUT2D eigenvalue weighted by atomic mass is 9.92. The number of fused-ring (bicyclic) bond motifs is 1. The molecular weight excluding hydrogens is 386 g/mol. The van der Waals surface area contributed by atoms with Gasteiger partial charge in [0, 0.05) is 38.9 Å². The highest BCUT2D eigenvalue weighted by atomic mass is 16.2. The minimum absolute atomic E-state index is 0.0268. The fraction of sp³-hybridized carbons (Fsp3) is 0.520. The number of rotatable bonds is 5. The third kappa shape index (κ3) is 3.89. The molecule has 1 fully saturated rings. The van der Waals surface area contributed by atoms with E-state index in [4.69, 9.17) is 4.99 Å². The van der Waals surface area contributed by atoms with E-state index in [0.29, 0.717) is 0 Å². The number of aliphatic imine (C=N–C) groups is 1. The first-order valence-electron chi connectivity index (χ1n) is 11.4. The number of nitrogens with zero attached hydrogens (tertiary/aromatic N) is 4. The van der Waals surface area contributed by atoms with E-state index in [1.807, 2.05) is 24.1 Å². The summed E-state index contributed by atoms with van der Waals surface area (Å²) >= 11 is 0. The minimum Gasteiger partial charge on any atom is -0.378 e. The van der Waals surface area contributed by atoms with Crippen LogP contribution in [0.25, 0.3) is 0 Å². The Morgan fingerprint density at radius 2 is 2.00 bits per heavy atom. The largest absolute Gasteiger partial charge is 0.378 e. The number of amides is 1. The molecule has 1 saturated heterocycles. The SMILES string of the molecule is CCc1cccc(C)c1CNC1=CC=CN2C1=NC(C)(C(=O)N1CCN(C)CC1)C2C. The molecule has 0 radical (unpaired) electrons. The molecule has 3 aliphatic rings. The predicted molar refractivity (Wildman–Crippen MR) is 126 cm³/mol. The van der Waals surface area contributed by atoms with Crippen molar-refractivity contribution >= 4 is 11.7 Å². The van der Waals surface area contributed by atoms with Crippen molar-refractivity contribution in [1.29, 1.82) is 0 Å². The summed E-state index contributed by atoms with van der Waals surface area (Å²) < 4.78 is 0. The molecule has 0 saturated carbocycles. The summed E-state index contributed by atoms with van der Waals surface area (Å²) in [5, 5.41) is 3.61. The fourth-order valence-electron chi connectivity index (χ4n) is 4.76. The summed E-state index contributed by atoms with van der Waals surface area (Å²) in [6.07, 6.45) is 7.17. The Balaban J connectivity index is 1.55. The van der Waals surface area contributed by atoms with E-state index in [0.717, 1.165) is 50.7 Å². The lowest BCUT2D eigenvalue weighted by Gasteiger charge is -2.38. The third-order valence-electron chi connectivity index (χ3n) is 7.13. The highest BCUT2D eigenvalue weighted by Crippen LogP contribution is 2.34. The number of allylic oxidation sites excluding steroid dienone is 2. The molecule has 0 aliphatic carbocycles. The quantitative estimate of drug-likeness (QED) is 0.794. The highest BCUT2D eigenvalue weighted by Gasteiger charge is 2.50. The molecule has 1 aromatic rings. The van der Waals surface area contributed by atoms with Crippen LogP contribution in [-0.4, -0.2) is 71.2 Å². The highest BCUT2D eigenvalue weighted by molar-refractivity contribution is 6.05. The monoisotopic (exact) mass is 421 g/mol. The van der Waals surface area contributed by atoms with Gasteiger partial charge in [-0.2, -0.15) is 0 Å². The molecule has 1 amide bonds. The van der Waals surface area contributed by atoms with Gasteiger partial charge in [0.05, 0.1) is 11.7 Å². The molecule has 1 N–H and O–H groups in total. The number of nitrogens with one attached hydrogen (secondary N) is 1. The number of benzene rings is 1. The van der Waals surface area contributed by atoms with Crippen molar-refractivity contribution in [2.45, 2.75) is 52.2 Å². The summed E-state index contributed by atoms with van der Waals surface area (Å²) in [6.45, 7) is 12.6. The van der Waals surface area contributed by atoms with Crippen LogP contribution in [-0.2, 0) is 17.8 Å². The van der Waals surface area contributed by atoms with Gasteiger partial charge in [0.2, 0.25) is 0 Å². The van der Waals surface area contributed by atoms with Crippen LogP contribution in [0.1, 0.15) is 37.5 Å². The van der Waals surface area contributed by atoms with Crippen LogP contribution in [0.5, 0.6) is 0 Å². The van der Waals surface area contributed by atoms with Gasteiger partial charge in [-0.1, -0.05) is 25.1 Å². The molecule has 0 bridgehead atoms. The van der Waals surface area contributed by atoms with Crippen LogP contribution < -0.4 is 5.32 Å². The lowest BCUT2D eigenvalue weighted by Crippen LogP contribution is -2.57. The summed E-state index contributed by atoms with van der Waals surface area (Å²) in [7, 11) is 2.11. The van der Waals surface area contributed by atoms with E-state index in [2.05, 4.69) is 67.2 Å². The molecule has 0 spiro atoms. The van der Waals surface area contributed by atoms with Gasteiger partial charge in [0.1, 0.15) is 0 Å². The standard InChI is InChI=1S/C25H35N5O/c1-6-20-10-7-9-18(2)21(20)17-26-22-11-8-12-30-19(3)25(4,27-23(22)30)24(31)29-15-13-28(5)14-16-29/h7-12,19,26H,6,13-17H2,1-5H3. The van der Waals surface area contributed by atoms with Crippen molar-refractivity contribution < 1.29 is 4.79 Å². The number of likely N-dealkylation sites (N-methyl/N-ethyl adjacent to an activating group) is 1. The summed E-state index contributed by atoms with van der Waals surface area (Å²) in [5.74, 6) is 1.00. The molecule has 3 aliphatic heterocycles. The second kappa shape index (κ2) is 8.50. The number of carbonyl (C=O) groups is 1. The van der Waals surface area contributed by atoms with Gasteiger partial charge in [-0.05, 0) is 63.1 Å². The first-order valence-corrected chi connectivity index (χ1v) is 11.4. The molecule has 6 nitrogen and oxygen atoms in total. The predicted octanol–water partition coefficient (Wildman–Crippen LogP) is 2.69. The van der Waals surface area contributed by atoms with Gasteiger partial charge >= 0.3 is 0 Å². The van der Waals surface area contributed by atoms with E-state index in [1.54, 1.807) is 0 Å². The lowest BCUT2D eigenvalue weighted by molar-refractivity contribution is -0.138. The molecule has 1 aromatic carbocycles. The molecular formula is C25H35N5O. The Morgan fingerprint density at radius 1 is 1.26 bits per heavy atom. The smallest absolute Gasteiger partial charge is 0.252 e. The first kappa shape index (κ1) is 21.6. The molecule has 0 aromatic heterocycles. The molecule has 3 heterocycles. The number of piperazine rings is 1. The average Bonchev–Trinajstić information content (AvgIpc) is 3.04. The number of aryl methyl sites for hydroxylation is 2. The molecule has 2 unspecified atom stereocenters. The van der Waals surface area contributed by atoms with Gasteiger partial charge < -0.3 is 20.0 Å². The number of hydrogen-bond donors (Lipinski definition) is 1. The second-order valence-electron chi connectivity index (χ2n) is 9.10. The number of carbonyl (C=O) groups excluding carboxylic acids is 1. The Labute approximate surface area is 186 Å². The van der Waals surface area contributed by atoms with Crippen LogP contribution in [0.4, 0.5) is 0 Å². The normalized spacial score (nSPS) is 25.9. The summed E-state index contributed by atoms with van der Waals surface area (Å²) in [5.41, 5.74) is 4.21. The molecule has 31 heavy (non-hydrogen) atoms. The Morgan fingerprint density at radius 3 is 2.71 bits per heavy atom. The van der Waals surface area contributed by atoms with E-state index in [9.17, 15) is 4.79 Å². The first-order chi connectivity index (χ1) is 14.8. The van der Waals surface area contributed by atoms with Crippen molar-refractivity contribution in [3.8, 4) is 0 Å². The maximum Gasteiger partial charge on any atom is 0.252 e. The molecule has 2 atom stereocenters. The topological polar surface area (TPSA) is 51.2 Å². The van der Waals surface area contributed by atoms with Gasteiger partial charge in [-0.15, -0.1) is 0 Å². The van der Waals surface area contributed by atoms with E-state index in [1.165, 1.54) is 16.7 Å². The van der Waals surface area contributed by atoms with Gasteiger partial charge in [-0.25, -0.2) is 4.99 Å². The van der Waals surface area contributed by atoms with Crippen LogP contribution in [0, 0.1) is 6.92 Å².